The summed E-state index contributed by atoms with van der Waals surface area (Å²) in [5, 5.41) is 4.65. The molecular formula is C17H23N3O. The van der Waals surface area contributed by atoms with Gasteiger partial charge in [0.05, 0.1) is 24.9 Å². The third-order valence-electron chi connectivity index (χ3n) is 4.11. The summed E-state index contributed by atoms with van der Waals surface area (Å²) in [5.41, 5.74) is 8.59. The van der Waals surface area contributed by atoms with E-state index in [1.54, 1.807) is 0 Å². The predicted octanol–water partition coefficient (Wildman–Crippen LogP) is 3.69. The van der Waals surface area contributed by atoms with Crippen molar-refractivity contribution >= 4 is 5.69 Å². The fraction of sp³-hybridized carbons (Fsp3) is 0.471. The Morgan fingerprint density at radius 1 is 1.05 bits per heavy atom. The van der Waals surface area contributed by atoms with E-state index < -0.39 is 0 Å². The summed E-state index contributed by atoms with van der Waals surface area (Å²) < 4.78 is 7.86. The molecule has 1 aromatic carbocycles. The molecule has 1 aliphatic rings. The van der Waals surface area contributed by atoms with Gasteiger partial charge in [-0.3, -0.25) is 4.68 Å². The van der Waals surface area contributed by atoms with Crippen LogP contribution >= 0.6 is 0 Å². The van der Waals surface area contributed by atoms with Crippen LogP contribution in [0.2, 0.25) is 0 Å². The van der Waals surface area contributed by atoms with E-state index in [2.05, 4.69) is 22.0 Å². The van der Waals surface area contributed by atoms with Crippen LogP contribution in [0.1, 0.15) is 49.4 Å². The first-order valence-corrected chi connectivity index (χ1v) is 7.77. The average molecular weight is 285 g/mol. The van der Waals surface area contributed by atoms with E-state index in [1.165, 1.54) is 32.1 Å². The van der Waals surface area contributed by atoms with Gasteiger partial charge in [-0.05, 0) is 36.6 Å². The molecule has 0 spiro atoms. The number of nitrogens with two attached hydrogens (primary N) is 1. The van der Waals surface area contributed by atoms with Gasteiger partial charge >= 0.3 is 0 Å². The monoisotopic (exact) mass is 285 g/mol. The Bertz CT molecular complexity index is 556. The third kappa shape index (κ3) is 3.85. The lowest BCUT2D eigenvalue weighted by Gasteiger charge is -2.21. The maximum Gasteiger partial charge on any atom is 0.0911 e. The zero-order valence-electron chi connectivity index (χ0n) is 12.4. The standard InChI is InChI=1S/C17H23N3O/c18-15-8-6-14(7-9-15)12-21-13-16-10-11-20(19-16)17-4-2-1-3-5-17/h6-11,17H,1-5,12-13,18H2. The molecule has 0 bridgehead atoms. The maximum atomic E-state index is 5.73. The highest BCUT2D eigenvalue weighted by Crippen LogP contribution is 2.27. The minimum absolute atomic E-state index is 0.560. The molecule has 0 aliphatic heterocycles. The number of nitrogen functional groups attached to an aromatic ring is 1. The number of hydrogen-bond acceptors (Lipinski definition) is 3. The Morgan fingerprint density at radius 2 is 1.81 bits per heavy atom. The Kier molecular flexibility index (Phi) is 4.55. The third-order valence-corrected chi connectivity index (χ3v) is 4.11. The molecule has 1 saturated carbocycles. The summed E-state index contributed by atoms with van der Waals surface area (Å²) in [6.07, 6.45) is 8.63. The lowest BCUT2D eigenvalue weighted by Crippen LogP contribution is -2.13. The smallest absolute Gasteiger partial charge is 0.0911 e. The Morgan fingerprint density at radius 3 is 2.57 bits per heavy atom. The molecule has 21 heavy (non-hydrogen) atoms. The van der Waals surface area contributed by atoms with Crippen LogP contribution in [0.5, 0.6) is 0 Å². The number of benzene rings is 1. The lowest BCUT2D eigenvalue weighted by atomic mass is 9.96. The fourth-order valence-corrected chi connectivity index (χ4v) is 2.89. The van der Waals surface area contributed by atoms with E-state index in [-0.39, 0.29) is 0 Å². The summed E-state index contributed by atoms with van der Waals surface area (Å²) in [7, 11) is 0. The average Bonchev–Trinajstić information content (AvgIpc) is 2.99. The van der Waals surface area contributed by atoms with E-state index in [1.807, 2.05) is 24.3 Å². The zero-order valence-corrected chi connectivity index (χ0v) is 12.4. The van der Waals surface area contributed by atoms with Gasteiger partial charge in [0.25, 0.3) is 0 Å². The van der Waals surface area contributed by atoms with E-state index >= 15 is 0 Å². The van der Waals surface area contributed by atoms with Crippen molar-refractivity contribution in [3.63, 3.8) is 0 Å². The van der Waals surface area contributed by atoms with Gasteiger partial charge in [0.2, 0.25) is 0 Å². The van der Waals surface area contributed by atoms with Crippen LogP contribution in [0.15, 0.2) is 36.5 Å². The molecular weight excluding hydrogens is 262 g/mol. The molecule has 0 atom stereocenters. The van der Waals surface area contributed by atoms with Crippen molar-refractivity contribution in [2.75, 3.05) is 5.73 Å². The highest BCUT2D eigenvalue weighted by molar-refractivity contribution is 5.39. The summed E-state index contributed by atoms with van der Waals surface area (Å²) in [6.45, 7) is 1.15. The topological polar surface area (TPSA) is 53.1 Å². The normalized spacial score (nSPS) is 16.2. The van der Waals surface area contributed by atoms with Crippen molar-refractivity contribution in [1.29, 1.82) is 0 Å². The molecule has 0 unspecified atom stereocenters. The molecule has 3 rings (SSSR count). The second-order valence-electron chi connectivity index (χ2n) is 5.81. The second kappa shape index (κ2) is 6.76. The minimum atomic E-state index is 0.560. The number of hydrogen-bond donors (Lipinski definition) is 1. The molecule has 4 nitrogen and oxygen atoms in total. The van der Waals surface area contributed by atoms with Gasteiger partial charge in [0.15, 0.2) is 0 Å². The van der Waals surface area contributed by atoms with E-state index in [9.17, 15) is 0 Å². The number of rotatable bonds is 5. The van der Waals surface area contributed by atoms with Crippen molar-refractivity contribution < 1.29 is 4.74 Å². The number of ether oxygens (including phenoxy) is 1. The molecule has 0 amide bonds. The van der Waals surface area contributed by atoms with Crippen molar-refractivity contribution in [2.45, 2.75) is 51.4 Å². The minimum Gasteiger partial charge on any atom is -0.399 e. The molecule has 4 heteroatoms. The van der Waals surface area contributed by atoms with Gasteiger partial charge in [-0.25, -0.2) is 0 Å². The highest BCUT2D eigenvalue weighted by Gasteiger charge is 2.15. The molecule has 112 valence electrons. The van der Waals surface area contributed by atoms with Gasteiger partial charge in [0, 0.05) is 11.9 Å². The van der Waals surface area contributed by atoms with Gasteiger partial charge in [-0.2, -0.15) is 5.10 Å². The van der Waals surface area contributed by atoms with E-state index in [0.29, 0.717) is 19.3 Å². The largest absolute Gasteiger partial charge is 0.399 e. The highest BCUT2D eigenvalue weighted by atomic mass is 16.5. The summed E-state index contributed by atoms with van der Waals surface area (Å²) in [6, 6.07) is 10.4. The van der Waals surface area contributed by atoms with Crippen LogP contribution in [0.4, 0.5) is 5.69 Å². The molecule has 2 aromatic rings. The quantitative estimate of drug-likeness (QED) is 0.852. The summed E-state index contributed by atoms with van der Waals surface area (Å²) >= 11 is 0. The fourth-order valence-electron chi connectivity index (χ4n) is 2.89. The summed E-state index contributed by atoms with van der Waals surface area (Å²) in [4.78, 5) is 0. The Hall–Kier alpha value is -1.81. The zero-order chi connectivity index (χ0) is 14.5. The van der Waals surface area contributed by atoms with Crippen LogP contribution in [-0.2, 0) is 18.0 Å². The second-order valence-corrected chi connectivity index (χ2v) is 5.81. The molecule has 1 aromatic heterocycles. The van der Waals surface area contributed by atoms with Crippen LogP contribution in [-0.4, -0.2) is 9.78 Å². The van der Waals surface area contributed by atoms with Crippen molar-refractivity contribution in [3.05, 3.63) is 47.8 Å². The van der Waals surface area contributed by atoms with E-state index in [0.717, 1.165) is 16.9 Å². The molecule has 1 aliphatic carbocycles. The SMILES string of the molecule is Nc1ccc(COCc2ccn(C3CCCCC3)n2)cc1. The van der Waals surface area contributed by atoms with Crippen molar-refractivity contribution in [2.24, 2.45) is 0 Å². The molecule has 0 radical (unpaired) electrons. The Labute approximate surface area is 125 Å². The van der Waals surface area contributed by atoms with Crippen LogP contribution in [0.25, 0.3) is 0 Å². The first-order valence-electron chi connectivity index (χ1n) is 7.77. The molecule has 0 saturated heterocycles. The van der Waals surface area contributed by atoms with Gasteiger partial charge in [-0.15, -0.1) is 0 Å². The van der Waals surface area contributed by atoms with Gasteiger partial charge in [-0.1, -0.05) is 31.4 Å². The molecule has 1 fully saturated rings. The molecule has 1 heterocycles. The summed E-state index contributed by atoms with van der Waals surface area (Å²) in [5.74, 6) is 0. The lowest BCUT2D eigenvalue weighted by molar-refractivity contribution is 0.104. The maximum absolute atomic E-state index is 5.73. The van der Waals surface area contributed by atoms with Crippen LogP contribution in [0, 0.1) is 0 Å². The number of anilines is 1. The number of aromatic nitrogens is 2. The predicted molar refractivity (Wildman–Crippen MR) is 83.7 cm³/mol. The van der Waals surface area contributed by atoms with Crippen molar-refractivity contribution in [1.82, 2.24) is 9.78 Å². The van der Waals surface area contributed by atoms with Crippen LogP contribution < -0.4 is 5.73 Å². The molecule has 2 N–H and O–H groups in total. The number of nitrogens with zero attached hydrogens (tertiary/aromatic N) is 2. The Balaban J connectivity index is 1.49. The van der Waals surface area contributed by atoms with E-state index in [4.69, 9.17) is 10.5 Å². The van der Waals surface area contributed by atoms with Crippen molar-refractivity contribution in [3.8, 4) is 0 Å². The first-order chi connectivity index (χ1) is 10.3. The van der Waals surface area contributed by atoms with Crippen LogP contribution in [0.3, 0.4) is 0 Å². The van der Waals surface area contributed by atoms with Gasteiger partial charge < -0.3 is 10.5 Å². The van der Waals surface area contributed by atoms with Gasteiger partial charge in [0.1, 0.15) is 0 Å². The first kappa shape index (κ1) is 14.1.